The fourth-order valence-electron chi connectivity index (χ4n) is 1.98. The summed E-state index contributed by atoms with van der Waals surface area (Å²) in [5.41, 5.74) is 3.75. The van der Waals surface area contributed by atoms with Crippen LogP contribution in [0.1, 0.15) is 75.7 Å². The Morgan fingerprint density at radius 3 is 2.06 bits per heavy atom. The molecule has 0 unspecified atom stereocenters. The predicted octanol–water partition coefficient (Wildman–Crippen LogP) is 4.38. The number of hydrogen-bond acceptors (Lipinski definition) is 1. The van der Waals surface area contributed by atoms with Gasteiger partial charge in [-0.15, -0.1) is 0 Å². The van der Waals surface area contributed by atoms with E-state index in [1.54, 1.807) is 0 Å². The van der Waals surface area contributed by atoms with Crippen LogP contribution in [0, 0.1) is 0 Å². The molecule has 0 saturated heterocycles. The molecule has 0 bridgehead atoms. The molecule has 0 fully saturated rings. The van der Waals surface area contributed by atoms with E-state index in [4.69, 9.17) is 0 Å². The Kier molecular flexibility index (Phi) is 4.55. The first-order chi connectivity index (χ1) is 7.47. The van der Waals surface area contributed by atoms with Crippen LogP contribution >= 0.6 is 0 Å². The van der Waals surface area contributed by atoms with Gasteiger partial charge in [0.15, 0.2) is 0 Å². The molecule has 1 aromatic rings. The van der Waals surface area contributed by atoms with Crippen LogP contribution in [0.3, 0.4) is 0 Å². The SMILES string of the molecule is CC[C@@H](O)c1ccc(C(C)C)cc1C(C)C. The van der Waals surface area contributed by atoms with Crippen molar-refractivity contribution in [1.82, 2.24) is 0 Å². The van der Waals surface area contributed by atoms with Crippen molar-refractivity contribution in [2.75, 3.05) is 0 Å². The maximum Gasteiger partial charge on any atom is 0.0790 e. The summed E-state index contributed by atoms with van der Waals surface area (Å²) in [4.78, 5) is 0. The third kappa shape index (κ3) is 2.85. The molecular weight excluding hydrogens is 196 g/mol. The molecule has 1 N–H and O–H groups in total. The zero-order chi connectivity index (χ0) is 12.3. The number of hydrogen-bond donors (Lipinski definition) is 1. The zero-order valence-electron chi connectivity index (χ0n) is 11.1. The highest BCUT2D eigenvalue weighted by atomic mass is 16.3. The summed E-state index contributed by atoms with van der Waals surface area (Å²) in [5.74, 6) is 1.01. The highest BCUT2D eigenvalue weighted by Crippen LogP contribution is 2.29. The average Bonchev–Trinajstić information content (AvgIpc) is 2.26. The van der Waals surface area contributed by atoms with Crippen LogP contribution in [0.4, 0.5) is 0 Å². The molecule has 1 nitrogen and oxygen atoms in total. The second kappa shape index (κ2) is 5.49. The smallest absolute Gasteiger partial charge is 0.0790 e. The normalized spacial score (nSPS) is 13.5. The van der Waals surface area contributed by atoms with E-state index in [2.05, 4.69) is 45.9 Å². The van der Waals surface area contributed by atoms with E-state index in [0.717, 1.165) is 12.0 Å². The summed E-state index contributed by atoms with van der Waals surface area (Å²) in [5, 5.41) is 9.99. The average molecular weight is 220 g/mol. The summed E-state index contributed by atoms with van der Waals surface area (Å²) in [7, 11) is 0. The molecule has 0 aliphatic heterocycles. The first kappa shape index (κ1) is 13.2. The van der Waals surface area contributed by atoms with Gasteiger partial charge in [0.2, 0.25) is 0 Å². The van der Waals surface area contributed by atoms with Crippen molar-refractivity contribution in [3.63, 3.8) is 0 Å². The van der Waals surface area contributed by atoms with Gasteiger partial charge in [-0.2, -0.15) is 0 Å². The lowest BCUT2D eigenvalue weighted by Crippen LogP contribution is -2.04. The number of aliphatic hydroxyl groups is 1. The summed E-state index contributed by atoms with van der Waals surface area (Å²) >= 11 is 0. The Bertz CT molecular complexity index is 339. The molecule has 90 valence electrons. The van der Waals surface area contributed by atoms with Gasteiger partial charge in [0, 0.05) is 0 Å². The van der Waals surface area contributed by atoms with Crippen molar-refractivity contribution < 1.29 is 5.11 Å². The zero-order valence-corrected chi connectivity index (χ0v) is 11.1. The lowest BCUT2D eigenvalue weighted by atomic mass is 9.89. The van der Waals surface area contributed by atoms with Crippen LogP contribution in [-0.4, -0.2) is 5.11 Å². The largest absolute Gasteiger partial charge is 0.388 e. The lowest BCUT2D eigenvalue weighted by Gasteiger charge is -2.19. The molecule has 0 heterocycles. The van der Waals surface area contributed by atoms with Gasteiger partial charge in [-0.25, -0.2) is 0 Å². The molecule has 1 rings (SSSR count). The van der Waals surface area contributed by atoms with E-state index in [1.165, 1.54) is 11.1 Å². The number of aliphatic hydroxyl groups excluding tert-OH is 1. The summed E-state index contributed by atoms with van der Waals surface area (Å²) in [6.07, 6.45) is 0.458. The maximum absolute atomic E-state index is 9.99. The summed E-state index contributed by atoms with van der Waals surface area (Å²) < 4.78 is 0. The molecule has 0 aliphatic carbocycles. The monoisotopic (exact) mass is 220 g/mol. The molecule has 0 aliphatic rings. The fourth-order valence-corrected chi connectivity index (χ4v) is 1.98. The first-order valence-corrected chi connectivity index (χ1v) is 6.29. The molecule has 1 heteroatoms. The standard InChI is InChI=1S/C15H24O/c1-6-15(16)13-8-7-12(10(2)3)9-14(13)11(4)5/h7-11,15-16H,6H2,1-5H3/t15-/m1/s1. The van der Waals surface area contributed by atoms with Gasteiger partial charge >= 0.3 is 0 Å². The molecule has 0 amide bonds. The van der Waals surface area contributed by atoms with Crippen molar-refractivity contribution in [3.05, 3.63) is 34.9 Å². The molecule has 0 saturated carbocycles. The van der Waals surface area contributed by atoms with E-state index in [-0.39, 0.29) is 6.10 Å². The maximum atomic E-state index is 9.99. The third-order valence-electron chi connectivity index (χ3n) is 3.15. The van der Waals surface area contributed by atoms with E-state index in [9.17, 15) is 5.11 Å². The second-order valence-electron chi connectivity index (χ2n) is 5.12. The highest BCUT2D eigenvalue weighted by Gasteiger charge is 2.14. The molecule has 1 atom stereocenters. The van der Waals surface area contributed by atoms with Crippen LogP contribution in [0.15, 0.2) is 18.2 Å². The Hall–Kier alpha value is -0.820. The number of rotatable bonds is 4. The van der Waals surface area contributed by atoms with Gasteiger partial charge < -0.3 is 5.11 Å². The van der Waals surface area contributed by atoms with Gasteiger partial charge in [0.25, 0.3) is 0 Å². The van der Waals surface area contributed by atoms with E-state index in [0.29, 0.717) is 11.8 Å². The Morgan fingerprint density at radius 2 is 1.62 bits per heavy atom. The van der Waals surface area contributed by atoms with Crippen LogP contribution in [-0.2, 0) is 0 Å². The Balaban J connectivity index is 3.19. The second-order valence-corrected chi connectivity index (χ2v) is 5.12. The first-order valence-electron chi connectivity index (χ1n) is 6.29. The van der Waals surface area contributed by atoms with E-state index < -0.39 is 0 Å². The van der Waals surface area contributed by atoms with Gasteiger partial charge in [-0.05, 0) is 34.9 Å². The van der Waals surface area contributed by atoms with Crippen LogP contribution in [0.5, 0.6) is 0 Å². The van der Waals surface area contributed by atoms with E-state index >= 15 is 0 Å². The fraction of sp³-hybridized carbons (Fsp3) is 0.600. The molecule has 1 aromatic carbocycles. The summed E-state index contributed by atoms with van der Waals surface area (Å²) in [6.45, 7) is 10.8. The lowest BCUT2D eigenvalue weighted by molar-refractivity contribution is 0.172. The van der Waals surface area contributed by atoms with Crippen molar-refractivity contribution in [3.8, 4) is 0 Å². The summed E-state index contributed by atoms with van der Waals surface area (Å²) in [6, 6.07) is 6.49. The van der Waals surface area contributed by atoms with Crippen molar-refractivity contribution >= 4 is 0 Å². The predicted molar refractivity (Wildman–Crippen MR) is 69.9 cm³/mol. The van der Waals surface area contributed by atoms with Crippen molar-refractivity contribution in [1.29, 1.82) is 0 Å². The van der Waals surface area contributed by atoms with Crippen LogP contribution in [0.25, 0.3) is 0 Å². The highest BCUT2D eigenvalue weighted by molar-refractivity contribution is 5.36. The topological polar surface area (TPSA) is 20.2 Å². The van der Waals surface area contributed by atoms with Gasteiger partial charge in [-0.3, -0.25) is 0 Å². The quantitative estimate of drug-likeness (QED) is 0.798. The van der Waals surface area contributed by atoms with Crippen molar-refractivity contribution in [2.45, 2.75) is 59.0 Å². The third-order valence-corrected chi connectivity index (χ3v) is 3.15. The van der Waals surface area contributed by atoms with Crippen LogP contribution in [0.2, 0.25) is 0 Å². The van der Waals surface area contributed by atoms with Gasteiger partial charge in [-0.1, -0.05) is 52.8 Å². The molecule has 0 spiro atoms. The molecule has 0 aromatic heterocycles. The van der Waals surface area contributed by atoms with Crippen LogP contribution < -0.4 is 0 Å². The minimum Gasteiger partial charge on any atom is -0.388 e. The van der Waals surface area contributed by atoms with Gasteiger partial charge in [0.05, 0.1) is 6.10 Å². The molecule has 0 radical (unpaired) electrons. The minimum atomic E-state index is -0.321. The molecular formula is C15H24O. The van der Waals surface area contributed by atoms with E-state index in [1.807, 2.05) is 6.92 Å². The number of benzene rings is 1. The molecule has 16 heavy (non-hydrogen) atoms. The Morgan fingerprint density at radius 1 is 1.00 bits per heavy atom. The van der Waals surface area contributed by atoms with Crippen molar-refractivity contribution in [2.24, 2.45) is 0 Å². The van der Waals surface area contributed by atoms with Gasteiger partial charge in [0.1, 0.15) is 0 Å². The Labute approximate surface area is 99.5 Å². The minimum absolute atomic E-state index is 0.321.